The van der Waals surface area contributed by atoms with Crippen molar-refractivity contribution in [3.63, 3.8) is 0 Å². The summed E-state index contributed by atoms with van der Waals surface area (Å²) in [5.41, 5.74) is 2.59. The topological polar surface area (TPSA) is 66.0 Å². The Morgan fingerprint density at radius 1 is 1.50 bits per heavy atom. The smallest absolute Gasteiger partial charge is 0.0555 e. The molecule has 0 unspecified atom stereocenters. The fourth-order valence-corrected chi connectivity index (χ4v) is 1.41. The van der Waals surface area contributed by atoms with E-state index < -0.39 is 0 Å². The number of pyridine rings is 1. The minimum absolute atomic E-state index is 0.525. The van der Waals surface area contributed by atoms with Crippen LogP contribution in [0.3, 0.4) is 0 Å². The Morgan fingerprint density at radius 2 is 2.33 bits per heavy atom. The van der Waals surface area contributed by atoms with Gasteiger partial charge in [-0.25, -0.2) is 5.01 Å². The zero-order valence-corrected chi connectivity index (χ0v) is 6.62. The zero-order chi connectivity index (χ0) is 8.55. The minimum atomic E-state index is 0.525. The Labute approximate surface area is 70.5 Å². The van der Waals surface area contributed by atoms with E-state index in [1.54, 1.807) is 17.4 Å². The van der Waals surface area contributed by atoms with Crippen LogP contribution in [0, 0.1) is 5.41 Å². The van der Waals surface area contributed by atoms with Crippen LogP contribution < -0.4 is 5.84 Å². The summed E-state index contributed by atoms with van der Waals surface area (Å²) in [5, 5.41) is 9.27. The first-order valence-electron chi connectivity index (χ1n) is 3.77. The van der Waals surface area contributed by atoms with E-state index in [9.17, 15) is 0 Å². The molecular formula is C8H10N4. The molecule has 0 atom stereocenters. The van der Waals surface area contributed by atoms with Gasteiger partial charge in [-0.1, -0.05) is 0 Å². The number of hydrogen-bond donors (Lipinski definition) is 2. The highest BCUT2D eigenvalue weighted by Gasteiger charge is 2.17. The molecule has 4 nitrogen and oxygen atoms in total. The first-order chi connectivity index (χ1) is 5.77. The van der Waals surface area contributed by atoms with Crippen molar-refractivity contribution in [3.05, 3.63) is 29.6 Å². The van der Waals surface area contributed by atoms with Gasteiger partial charge in [0.25, 0.3) is 0 Å². The summed E-state index contributed by atoms with van der Waals surface area (Å²) < 4.78 is 0. The third kappa shape index (κ3) is 1.11. The molecule has 0 spiro atoms. The van der Waals surface area contributed by atoms with Gasteiger partial charge in [-0.3, -0.25) is 10.8 Å². The van der Waals surface area contributed by atoms with Crippen molar-refractivity contribution in [1.29, 1.82) is 5.41 Å². The van der Waals surface area contributed by atoms with Crippen LogP contribution in [0.2, 0.25) is 0 Å². The van der Waals surface area contributed by atoms with Crippen molar-refractivity contribution in [3.8, 4) is 0 Å². The normalized spacial score (nSPS) is 17.6. The van der Waals surface area contributed by atoms with E-state index in [1.165, 1.54) is 0 Å². The summed E-state index contributed by atoms with van der Waals surface area (Å²) in [5.74, 6) is 5.60. The lowest BCUT2D eigenvalue weighted by atomic mass is 10.0. The fraction of sp³-hybridized carbons (Fsp3) is 0.250. The molecule has 0 bridgehead atoms. The highest BCUT2D eigenvalue weighted by molar-refractivity contribution is 6.01. The van der Waals surface area contributed by atoms with Gasteiger partial charge in [0.2, 0.25) is 0 Å². The Morgan fingerprint density at radius 3 is 3.17 bits per heavy atom. The molecule has 2 heterocycles. The maximum absolute atomic E-state index is 7.65. The lowest BCUT2D eigenvalue weighted by Gasteiger charge is -2.24. The van der Waals surface area contributed by atoms with Gasteiger partial charge in [0, 0.05) is 24.5 Å². The molecule has 1 aromatic rings. The molecule has 0 radical (unpaired) electrons. The van der Waals surface area contributed by atoms with E-state index in [0.29, 0.717) is 18.8 Å². The highest BCUT2D eigenvalue weighted by atomic mass is 15.4. The van der Waals surface area contributed by atoms with Crippen LogP contribution in [0.15, 0.2) is 18.5 Å². The fourth-order valence-electron chi connectivity index (χ4n) is 1.41. The van der Waals surface area contributed by atoms with Crippen LogP contribution in [0.1, 0.15) is 11.1 Å². The lowest BCUT2D eigenvalue weighted by molar-refractivity contribution is 0.308. The molecule has 0 amide bonds. The van der Waals surface area contributed by atoms with E-state index in [-0.39, 0.29) is 0 Å². The van der Waals surface area contributed by atoms with Gasteiger partial charge in [-0.05, 0) is 11.6 Å². The number of nitrogens with one attached hydrogen (secondary N) is 1. The van der Waals surface area contributed by atoms with Crippen molar-refractivity contribution in [2.45, 2.75) is 6.54 Å². The average molecular weight is 162 g/mol. The van der Waals surface area contributed by atoms with Gasteiger partial charge in [0.05, 0.1) is 12.3 Å². The van der Waals surface area contributed by atoms with E-state index in [1.807, 2.05) is 6.07 Å². The van der Waals surface area contributed by atoms with Crippen LogP contribution in [-0.2, 0) is 6.54 Å². The maximum atomic E-state index is 7.65. The molecule has 1 aromatic heterocycles. The van der Waals surface area contributed by atoms with E-state index >= 15 is 0 Å². The summed E-state index contributed by atoms with van der Waals surface area (Å²) >= 11 is 0. The molecule has 0 aromatic carbocycles. The number of nitrogens with two attached hydrogens (primary N) is 1. The number of fused-ring (bicyclic) bond motifs is 1. The maximum Gasteiger partial charge on any atom is 0.0555 e. The Kier molecular flexibility index (Phi) is 1.64. The molecule has 4 heteroatoms. The molecule has 62 valence electrons. The van der Waals surface area contributed by atoms with Gasteiger partial charge in [-0.2, -0.15) is 0 Å². The molecular weight excluding hydrogens is 152 g/mol. The number of hydrazine groups is 1. The SMILES string of the molecule is N=C1CN(N)Cc2cnccc21. The summed E-state index contributed by atoms with van der Waals surface area (Å²) in [7, 11) is 0. The summed E-state index contributed by atoms with van der Waals surface area (Å²) in [6.07, 6.45) is 3.47. The van der Waals surface area contributed by atoms with Crippen LogP contribution in [0.5, 0.6) is 0 Å². The van der Waals surface area contributed by atoms with Crippen LogP contribution in [0.25, 0.3) is 0 Å². The third-order valence-electron chi connectivity index (χ3n) is 1.96. The van der Waals surface area contributed by atoms with E-state index in [0.717, 1.165) is 11.1 Å². The minimum Gasteiger partial charge on any atom is -0.303 e. The molecule has 0 saturated carbocycles. The second-order valence-corrected chi connectivity index (χ2v) is 2.92. The molecule has 2 rings (SSSR count). The highest BCUT2D eigenvalue weighted by Crippen LogP contribution is 2.14. The largest absolute Gasteiger partial charge is 0.303 e. The average Bonchev–Trinajstić information content (AvgIpc) is 2.04. The third-order valence-corrected chi connectivity index (χ3v) is 1.96. The van der Waals surface area contributed by atoms with Crippen LogP contribution in [0.4, 0.5) is 0 Å². The zero-order valence-electron chi connectivity index (χ0n) is 6.62. The Bertz CT molecular complexity index is 321. The van der Waals surface area contributed by atoms with Crippen molar-refractivity contribution in [2.24, 2.45) is 5.84 Å². The van der Waals surface area contributed by atoms with Gasteiger partial charge in [0.1, 0.15) is 0 Å². The first kappa shape index (κ1) is 7.39. The van der Waals surface area contributed by atoms with Crippen molar-refractivity contribution in [2.75, 3.05) is 6.54 Å². The van der Waals surface area contributed by atoms with Gasteiger partial charge in [-0.15, -0.1) is 0 Å². The predicted molar refractivity (Wildman–Crippen MR) is 45.7 cm³/mol. The van der Waals surface area contributed by atoms with Gasteiger partial charge < -0.3 is 5.41 Å². The molecule has 0 aliphatic carbocycles. The van der Waals surface area contributed by atoms with Crippen LogP contribution in [-0.4, -0.2) is 22.2 Å². The van der Waals surface area contributed by atoms with Gasteiger partial charge in [0.15, 0.2) is 0 Å². The number of hydrogen-bond acceptors (Lipinski definition) is 4. The van der Waals surface area contributed by atoms with Crippen LogP contribution >= 0.6 is 0 Å². The summed E-state index contributed by atoms with van der Waals surface area (Å²) in [6.45, 7) is 1.21. The second-order valence-electron chi connectivity index (χ2n) is 2.92. The van der Waals surface area contributed by atoms with Crippen molar-refractivity contribution >= 4 is 5.71 Å². The quantitative estimate of drug-likeness (QED) is 0.533. The summed E-state index contributed by atoms with van der Waals surface area (Å²) in [4.78, 5) is 3.99. The first-order valence-corrected chi connectivity index (χ1v) is 3.77. The van der Waals surface area contributed by atoms with E-state index in [2.05, 4.69) is 4.98 Å². The molecule has 1 aliphatic heterocycles. The monoisotopic (exact) mass is 162 g/mol. The molecule has 0 fully saturated rings. The summed E-state index contributed by atoms with van der Waals surface area (Å²) in [6, 6.07) is 1.87. The Balaban J connectivity index is 2.47. The standard InChI is InChI=1S/C8H10N4/c9-8-5-12(10)4-6-3-11-2-1-7(6)8/h1-3,9H,4-5,10H2. The van der Waals surface area contributed by atoms with Crippen molar-refractivity contribution < 1.29 is 0 Å². The second kappa shape index (κ2) is 2.66. The van der Waals surface area contributed by atoms with Gasteiger partial charge >= 0.3 is 0 Å². The Hall–Kier alpha value is -1.26. The number of rotatable bonds is 0. The predicted octanol–water partition coefficient (Wildman–Crippen LogP) is 0.139. The number of aromatic nitrogens is 1. The van der Waals surface area contributed by atoms with Crippen molar-refractivity contribution in [1.82, 2.24) is 9.99 Å². The molecule has 0 saturated heterocycles. The molecule has 1 aliphatic rings. The van der Waals surface area contributed by atoms with E-state index in [4.69, 9.17) is 11.3 Å². The lowest BCUT2D eigenvalue weighted by Crippen LogP contribution is -2.39. The molecule has 3 N–H and O–H groups in total. The molecule has 12 heavy (non-hydrogen) atoms. The number of nitrogens with zero attached hydrogens (tertiary/aromatic N) is 2.